The molecular formula is C14H20O3. The van der Waals surface area contributed by atoms with Crippen molar-refractivity contribution in [2.45, 2.75) is 46.0 Å². The first-order valence-corrected chi connectivity index (χ1v) is 6.19. The first-order chi connectivity index (χ1) is 8.13. The van der Waals surface area contributed by atoms with Crippen LogP contribution in [0.25, 0.3) is 0 Å². The zero-order chi connectivity index (χ0) is 12.7. The molecule has 3 nitrogen and oxygen atoms in total. The van der Waals surface area contributed by atoms with Crippen LogP contribution in [-0.4, -0.2) is 18.4 Å². The highest BCUT2D eigenvalue weighted by Crippen LogP contribution is 2.16. The molecule has 1 aliphatic rings. The third-order valence-electron chi connectivity index (χ3n) is 2.74. The monoisotopic (exact) mass is 236 g/mol. The summed E-state index contributed by atoms with van der Waals surface area (Å²) in [4.78, 5) is 23.2. The Bertz CT molecular complexity index is 350. The maximum absolute atomic E-state index is 11.7. The molecule has 0 saturated heterocycles. The van der Waals surface area contributed by atoms with E-state index in [-0.39, 0.29) is 11.8 Å². The molecule has 0 unspecified atom stereocenters. The fourth-order valence-corrected chi connectivity index (χ4v) is 1.81. The van der Waals surface area contributed by atoms with Crippen LogP contribution in [0.3, 0.4) is 0 Å². The van der Waals surface area contributed by atoms with Gasteiger partial charge >= 0.3 is 5.97 Å². The van der Waals surface area contributed by atoms with Crippen LogP contribution in [0.2, 0.25) is 0 Å². The van der Waals surface area contributed by atoms with Gasteiger partial charge in [-0.15, -0.1) is 0 Å². The highest BCUT2D eigenvalue weighted by atomic mass is 16.5. The van der Waals surface area contributed by atoms with Crippen molar-refractivity contribution in [3.63, 3.8) is 0 Å². The lowest BCUT2D eigenvalue weighted by Crippen LogP contribution is -2.08. The van der Waals surface area contributed by atoms with Crippen molar-refractivity contribution >= 4 is 11.8 Å². The molecule has 1 aliphatic carbocycles. The van der Waals surface area contributed by atoms with Gasteiger partial charge < -0.3 is 4.74 Å². The maximum Gasteiger partial charge on any atom is 0.337 e. The number of carbonyl (C=O) groups is 2. The highest BCUT2D eigenvalue weighted by Gasteiger charge is 2.11. The molecule has 0 aromatic carbocycles. The Labute approximate surface area is 103 Å². The average molecular weight is 236 g/mol. The summed E-state index contributed by atoms with van der Waals surface area (Å²) in [6.45, 7) is 4.15. The second kappa shape index (κ2) is 7.05. The molecule has 0 heterocycles. The summed E-state index contributed by atoms with van der Waals surface area (Å²) in [6.07, 6.45) is 7.35. The number of hydrogen-bond donors (Lipinski definition) is 0. The number of hydrogen-bond acceptors (Lipinski definition) is 3. The van der Waals surface area contributed by atoms with E-state index >= 15 is 0 Å². The van der Waals surface area contributed by atoms with E-state index < -0.39 is 0 Å². The van der Waals surface area contributed by atoms with Crippen molar-refractivity contribution in [3.8, 4) is 0 Å². The third kappa shape index (κ3) is 4.98. The first kappa shape index (κ1) is 13.7. The standard InChI is InChI=1S/C14H20O3/c1-3-17-14(16)12-8-9-13(15)7-5-4-6-11(2)10-12/h8,10H,3-7,9H2,1-2H3/b11-10-,12-8+. The van der Waals surface area contributed by atoms with Gasteiger partial charge in [0.25, 0.3) is 0 Å². The molecule has 0 saturated carbocycles. The Hall–Kier alpha value is -1.38. The van der Waals surface area contributed by atoms with Crippen LogP contribution in [0.4, 0.5) is 0 Å². The van der Waals surface area contributed by atoms with Crippen molar-refractivity contribution in [1.82, 2.24) is 0 Å². The largest absolute Gasteiger partial charge is 0.462 e. The van der Waals surface area contributed by atoms with E-state index in [0.717, 1.165) is 19.3 Å². The molecule has 0 amide bonds. The van der Waals surface area contributed by atoms with Crippen molar-refractivity contribution in [2.75, 3.05) is 6.61 Å². The normalized spacial score (nSPS) is 24.2. The minimum Gasteiger partial charge on any atom is -0.462 e. The van der Waals surface area contributed by atoms with E-state index in [0.29, 0.717) is 25.0 Å². The van der Waals surface area contributed by atoms with E-state index in [9.17, 15) is 9.59 Å². The van der Waals surface area contributed by atoms with Crippen LogP contribution in [0, 0.1) is 0 Å². The summed E-state index contributed by atoms with van der Waals surface area (Å²) >= 11 is 0. The van der Waals surface area contributed by atoms with Crippen LogP contribution in [0.1, 0.15) is 46.0 Å². The van der Waals surface area contributed by atoms with Crippen LogP contribution in [0.15, 0.2) is 23.3 Å². The summed E-state index contributed by atoms with van der Waals surface area (Å²) in [5, 5.41) is 0. The number of allylic oxidation sites excluding steroid dienone is 2. The minimum atomic E-state index is -0.333. The average Bonchev–Trinajstić information content (AvgIpc) is 2.30. The second-order valence-electron chi connectivity index (χ2n) is 4.32. The summed E-state index contributed by atoms with van der Waals surface area (Å²) in [5.74, 6) is -0.139. The number of carbonyl (C=O) groups excluding carboxylic acids is 2. The molecular weight excluding hydrogens is 216 g/mol. The van der Waals surface area contributed by atoms with Gasteiger partial charge in [-0.1, -0.05) is 11.6 Å². The molecule has 0 aromatic rings. The van der Waals surface area contributed by atoms with E-state index in [1.807, 2.05) is 13.0 Å². The molecule has 0 aromatic heterocycles. The van der Waals surface area contributed by atoms with Crippen LogP contribution < -0.4 is 0 Å². The number of Topliss-reactive ketones (excluding diaryl/α,β-unsaturated/α-hetero) is 1. The Morgan fingerprint density at radius 1 is 1.35 bits per heavy atom. The topological polar surface area (TPSA) is 43.4 Å². The third-order valence-corrected chi connectivity index (χ3v) is 2.74. The Kier molecular flexibility index (Phi) is 5.67. The molecule has 0 fully saturated rings. The summed E-state index contributed by atoms with van der Waals surface area (Å²) in [6, 6.07) is 0. The van der Waals surface area contributed by atoms with Crippen LogP contribution >= 0.6 is 0 Å². The van der Waals surface area contributed by atoms with E-state index in [4.69, 9.17) is 4.74 Å². The summed E-state index contributed by atoms with van der Waals surface area (Å²) in [5.41, 5.74) is 1.68. The van der Waals surface area contributed by atoms with Gasteiger partial charge in [0.05, 0.1) is 12.2 Å². The zero-order valence-electron chi connectivity index (χ0n) is 10.6. The lowest BCUT2D eigenvalue weighted by molar-refractivity contribution is -0.138. The number of ketones is 1. The number of rotatable bonds is 2. The number of ether oxygens (including phenoxy) is 1. The van der Waals surface area contributed by atoms with Crippen molar-refractivity contribution < 1.29 is 14.3 Å². The van der Waals surface area contributed by atoms with Gasteiger partial charge in [0.2, 0.25) is 0 Å². The van der Waals surface area contributed by atoms with E-state index in [1.54, 1.807) is 13.0 Å². The molecule has 1 rings (SSSR count). The Morgan fingerprint density at radius 2 is 2.06 bits per heavy atom. The van der Waals surface area contributed by atoms with Gasteiger partial charge in [0, 0.05) is 12.8 Å². The maximum atomic E-state index is 11.7. The fraction of sp³-hybridized carbons (Fsp3) is 0.571. The Morgan fingerprint density at radius 3 is 2.76 bits per heavy atom. The summed E-state index contributed by atoms with van der Waals surface area (Å²) < 4.78 is 4.97. The summed E-state index contributed by atoms with van der Waals surface area (Å²) in [7, 11) is 0. The highest BCUT2D eigenvalue weighted by molar-refractivity contribution is 5.93. The van der Waals surface area contributed by atoms with Gasteiger partial charge in [-0.3, -0.25) is 4.79 Å². The van der Waals surface area contributed by atoms with Gasteiger partial charge in [0.15, 0.2) is 0 Å². The molecule has 94 valence electrons. The van der Waals surface area contributed by atoms with Gasteiger partial charge in [-0.25, -0.2) is 4.79 Å². The molecule has 0 spiro atoms. The zero-order valence-corrected chi connectivity index (χ0v) is 10.6. The Balaban J connectivity index is 2.85. The SMILES string of the molecule is CCOC(=O)C1=C/CC(=O)CCCC/C(C)=C\1. The van der Waals surface area contributed by atoms with Crippen molar-refractivity contribution in [1.29, 1.82) is 0 Å². The minimum absolute atomic E-state index is 0.194. The second-order valence-corrected chi connectivity index (χ2v) is 4.32. The van der Waals surface area contributed by atoms with Crippen LogP contribution in [-0.2, 0) is 14.3 Å². The lowest BCUT2D eigenvalue weighted by atomic mass is 10.0. The number of esters is 1. The molecule has 0 radical (unpaired) electrons. The van der Waals surface area contributed by atoms with Crippen molar-refractivity contribution in [3.05, 3.63) is 23.3 Å². The fourth-order valence-electron chi connectivity index (χ4n) is 1.81. The van der Waals surface area contributed by atoms with Gasteiger partial charge in [-0.2, -0.15) is 0 Å². The molecule has 0 atom stereocenters. The smallest absolute Gasteiger partial charge is 0.337 e. The van der Waals surface area contributed by atoms with Gasteiger partial charge in [-0.05, 0) is 39.2 Å². The molecule has 0 aliphatic heterocycles. The van der Waals surface area contributed by atoms with Crippen molar-refractivity contribution in [2.24, 2.45) is 0 Å². The van der Waals surface area contributed by atoms with Gasteiger partial charge in [0.1, 0.15) is 5.78 Å². The van der Waals surface area contributed by atoms with E-state index in [1.165, 1.54) is 5.57 Å². The molecule has 3 heteroatoms. The molecule has 0 N–H and O–H groups in total. The molecule has 17 heavy (non-hydrogen) atoms. The lowest BCUT2D eigenvalue weighted by Gasteiger charge is -2.08. The molecule has 0 bridgehead atoms. The predicted molar refractivity (Wildman–Crippen MR) is 66.6 cm³/mol. The first-order valence-electron chi connectivity index (χ1n) is 6.19. The van der Waals surface area contributed by atoms with E-state index in [2.05, 4.69) is 0 Å². The quantitative estimate of drug-likeness (QED) is 0.692. The van der Waals surface area contributed by atoms with Crippen LogP contribution in [0.5, 0.6) is 0 Å². The predicted octanol–water partition coefficient (Wildman–Crippen LogP) is 2.96.